The molecule has 1 heterocycles. The summed E-state index contributed by atoms with van der Waals surface area (Å²) < 4.78 is 25.3. The van der Waals surface area contributed by atoms with Crippen LogP contribution in [-0.2, 0) is 14.8 Å². The molecule has 7 nitrogen and oxygen atoms in total. The molecule has 152 valence electrons. The molecule has 1 amide bonds. The van der Waals surface area contributed by atoms with Crippen LogP contribution >= 0.6 is 46.1 Å². The van der Waals surface area contributed by atoms with Gasteiger partial charge in [-0.2, -0.15) is 0 Å². The molecule has 0 saturated carbocycles. The number of hydrogen-bond acceptors (Lipinski definition) is 6. The van der Waals surface area contributed by atoms with Crippen LogP contribution in [-0.4, -0.2) is 37.3 Å². The molecule has 0 unspecified atom stereocenters. The van der Waals surface area contributed by atoms with Gasteiger partial charge in [0.15, 0.2) is 0 Å². The second-order valence-electron chi connectivity index (χ2n) is 5.81. The molecular formula is C17H13Cl3N4O3S2. The lowest BCUT2D eigenvalue weighted by atomic mass is 10.2. The van der Waals surface area contributed by atoms with Crippen molar-refractivity contribution in [3.05, 3.63) is 57.5 Å². The van der Waals surface area contributed by atoms with Crippen molar-refractivity contribution in [2.75, 3.05) is 22.4 Å². The van der Waals surface area contributed by atoms with E-state index >= 15 is 0 Å². The lowest BCUT2D eigenvalue weighted by Gasteiger charge is -2.23. The number of aromatic nitrogens is 2. The third-order valence-corrected chi connectivity index (χ3v) is 6.68. The Bertz CT molecular complexity index is 1150. The topological polar surface area (TPSA) is 92.3 Å². The van der Waals surface area contributed by atoms with Gasteiger partial charge < -0.3 is 0 Å². The average Bonchev–Trinajstić information content (AvgIpc) is 3.11. The predicted molar refractivity (Wildman–Crippen MR) is 118 cm³/mol. The van der Waals surface area contributed by atoms with Gasteiger partial charge in [0.2, 0.25) is 21.1 Å². The van der Waals surface area contributed by atoms with E-state index in [1.54, 1.807) is 0 Å². The number of carbonyl (C=O) groups excluding carboxylic acids is 1. The van der Waals surface area contributed by atoms with Crippen molar-refractivity contribution in [1.29, 1.82) is 0 Å². The number of sulfonamides is 1. The van der Waals surface area contributed by atoms with E-state index in [1.807, 2.05) is 30.3 Å². The number of anilines is 2. The Hall–Kier alpha value is -1.91. The normalized spacial score (nSPS) is 11.3. The van der Waals surface area contributed by atoms with E-state index in [2.05, 4.69) is 15.5 Å². The van der Waals surface area contributed by atoms with Crippen molar-refractivity contribution in [1.82, 2.24) is 10.2 Å². The average molecular weight is 492 g/mol. The highest BCUT2D eigenvalue weighted by Gasteiger charge is 2.24. The summed E-state index contributed by atoms with van der Waals surface area (Å²) in [7, 11) is -3.84. The van der Waals surface area contributed by atoms with Crippen LogP contribution in [0.3, 0.4) is 0 Å². The van der Waals surface area contributed by atoms with Gasteiger partial charge in [-0.15, -0.1) is 10.2 Å². The number of amides is 1. The number of nitrogens with zero attached hydrogens (tertiary/aromatic N) is 3. The Kier molecular flexibility index (Phi) is 6.65. The van der Waals surface area contributed by atoms with Crippen LogP contribution in [0.5, 0.6) is 0 Å². The molecule has 29 heavy (non-hydrogen) atoms. The molecular weight excluding hydrogens is 479 g/mol. The van der Waals surface area contributed by atoms with E-state index in [-0.39, 0.29) is 25.9 Å². The maximum absolute atomic E-state index is 12.5. The molecule has 1 N–H and O–H groups in total. The Morgan fingerprint density at radius 3 is 2.38 bits per heavy atom. The Morgan fingerprint density at radius 1 is 1.07 bits per heavy atom. The molecule has 0 aliphatic carbocycles. The first-order valence-corrected chi connectivity index (χ1v) is 11.8. The number of benzene rings is 2. The minimum Gasteiger partial charge on any atom is -0.299 e. The molecule has 0 bridgehead atoms. The Morgan fingerprint density at radius 2 is 1.72 bits per heavy atom. The molecule has 0 spiro atoms. The van der Waals surface area contributed by atoms with Crippen LogP contribution in [0.25, 0.3) is 10.6 Å². The summed E-state index contributed by atoms with van der Waals surface area (Å²) in [6, 6.07) is 11.9. The monoisotopic (exact) mass is 490 g/mol. The number of halogens is 3. The van der Waals surface area contributed by atoms with Gasteiger partial charge in [-0.05, 0) is 12.1 Å². The van der Waals surface area contributed by atoms with Crippen LogP contribution < -0.4 is 9.62 Å². The van der Waals surface area contributed by atoms with E-state index in [9.17, 15) is 13.2 Å². The minimum atomic E-state index is -3.84. The van der Waals surface area contributed by atoms with Gasteiger partial charge in [-0.3, -0.25) is 14.4 Å². The number of nitrogens with one attached hydrogen (secondary N) is 1. The van der Waals surface area contributed by atoms with Crippen molar-refractivity contribution in [3.63, 3.8) is 0 Å². The van der Waals surface area contributed by atoms with E-state index in [4.69, 9.17) is 34.8 Å². The first-order valence-electron chi connectivity index (χ1n) is 7.96. The zero-order valence-corrected chi connectivity index (χ0v) is 18.7. The molecule has 12 heteroatoms. The predicted octanol–water partition coefficient (Wildman–Crippen LogP) is 4.57. The lowest BCUT2D eigenvalue weighted by Crippen LogP contribution is -2.37. The molecule has 0 aliphatic heterocycles. The fraction of sp³-hybridized carbons (Fsp3) is 0.118. The summed E-state index contributed by atoms with van der Waals surface area (Å²) in [4.78, 5) is 12.5. The summed E-state index contributed by atoms with van der Waals surface area (Å²) in [5, 5.41) is 11.7. The van der Waals surface area contributed by atoms with Crippen LogP contribution in [0.1, 0.15) is 0 Å². The fourth-order valence-corrected chi connectivity index (χ4v) is 4.66. The standard InChI is InChI=1S/C17H13Cl3N4O3S2/c1-29(26,27)24(14-8-12(19)11(18)7-13(14)20)9-15(25)21-17-23-22-16(28-17)10-5-3-2-4-6-10/h2-8H,9H2,1H3,(H,21,23,25). The van der Waals surface area contributed by atoms with Gasteiger partial charge in [-0.25, -0.2) is 8.42 Å². The summed E-state index contributed by atoms with van der Waals surface area (Å²) in [6.45, 7) is -0.531. The number of hydrogen-bond donors (Lipinski definition) is 1. The summed E-state index contributed by atoms with van der Waals surface area (Å²) in [6.07, 6.45) is 0.956. The van der Waals surface area contributed by atoms with Gasteiger partial charge in [0.1, 0.15) is 11.6 Å². The number of carbonyl (C=O) groups is 1. The van der Waals surface area contributed by atoms with E-state index in [0.29, 0.717) is 5.01 Å². The smallest absolute Gasteiger partial charge is 0.246 e. The maximum Gasteiger partial charge on any atom is 0.246 e. The molecule has 0 radical (unpaired) electrons. The SMILES string of the molecule is CS(=O)(=O)N(CC(=O)Nc1nnc(-c2ccccc2)s1)c1cc(Cl)c(Cl)cc1Cl. The maximum atomic E-state index is 12.5. The zero-order valence-electron chi connectivity index (χ0n) is 14.8. The van der Waals surface area contributed by atoms with Gasteiger partial charge >= 0.3 is 0 Å². The van der Waals surface area contributed by atoms with Gasteiger partial charge in [-0.1, -0.05) is 76.5 Å². The van der Waals surface area contributed by atoms with Crippen LogP contribution in [0.4, 0.5) is 10.8 Å². The zero-order chi connectivity index (χ0) is 21.2. The fourth-order valence-electron chi connectivity index (χ4n) is 2.34. The molecule has 0 saturated heterocycles. The van der Waals surface area contributed by atoms with E-state index < -0.39 is 22.5 Å². The highest BCUT2D eigenvalue weighted by Crippen LogP contribution is 2.35. The Labute approximate surface area is 186 Å². The second kappa shape index (κ2) is 8.85. The first kappa shape index (κ1) is 21.8. The van der Waals surface area contributed by atoms with Crippen molar-refractivity contribution in [3.8, 4) is 10.6 Å². The molecule has 2 aromatic carbocycles. The molecule has 0 fully saturated rings. The van der Waals surface area contributed by atoms with Crippen molar-refractivity contribution in [2.45, 2.75) is 0 Å². The lowest BCUT2D eigenvalue weighted by molar-refractivity contribution is -0.114. The third kappa shape index (κ3) is 5.37. The molecule has 3 aromatic rings. The molecule has 1 aromatic heterocycles. The highest BCUT2D eigenvalue weighted by molar-refractivity contribution is 7.92. The van der Waals surface area contributed by atoms with Gasteiger partial charge in [0, 0.05) is 5.56 Å². The molecule has 3 rings (SSSR count). The summed E-state index contributed by atoms with van der Waals surface area (Å²) in [5.74, 6) is -0.617. The van der Waals surface area contributed by atoms with Gasteiger partial charge in [0.05, 0.1) is 27.0 Å². The van der Waals surface area contributed by atoms with Crippen LogP contribution in [0, 0.1) is 0 Å². The third-order valence-electron chi connectivity index (χ3n) is 3.64. The summed E-state index contributed by atoms with van der Waals surface area (Å²) >= 11 is 19.2. The summed E-state index contributed by atoms with van der Waals surface area (Å²) in [5.41, 5.74) is 0.895. The highest BCUT2D eigenvalue weighted by atomic mass is 35.5. The quantitative estimate of drug-likeness (QED) is 0.510. The van der Waals surface area contributed by atoms with Crippen molar-refractivity contribution >= 4 is 72.9 Å². The first-order chi connectivity index (χ1) is 13.6. The van der Waals surface area contributed by atoms with Crippen molar-refractivity contribution in [2.24, 2.45) is 0 Å². The van der Waals surface area contributed by atoms with E-state index in [0.717, 1.165) is 16.1 Å². The largest absolute Gasteiger partial charge is 0.299 e. The molecule has 0 atom stereocenters. The molecule has 0 aliphatic rings. The Balaban J connectivity index is 1.80. The second-order valence-corrected chi connectivity index (χ2v) is 9.92. The van der Waals surface area contributed by atoms with Crippen LogP contribution in [0.15, 0.2) is 42.5 Å². The van der Waals surface area contributed by atoms with Gasteiger partial charge in [0.25, 0.3) is 0 Å². The minimum absolute atomic E-state index is 0.0416. The van der Waals surface area contributed by atoms with E-state index in [1.165, 1.54) is 23.5 Å². The van der Waals surface area contributed by atoms with Crippen LogP contribution in [0.2, 0.25) is 15.1 Å². The van der Waals surface area contributed by atoms with Crippen molar-refractivity contribution < 1.29 is 13.2 Å². The number of rotatable bonds is 6.